The quantitative estimate of drug-likeness (QED) is 0.465. The Bertz CT molecular complexity index is 263. The van der Waals surface area contributed by atoms with Gasteiger partial charge in [0.25, 0.3) is 0 Å². The van der Waals surface area contributed by atoms with E-state index in [1.807, 2.05) is 0 Å². The van der Waals surface area contributed by atoms with Crippen molar-refractivity contribution in [2.75, 3.05) is 20.3 Å². The van der Waals surface area contributed by atoms with Crippen molar-refractivity contribution in [3.8, 4) is 6.07 Å². The van der Waals surface area contributed by atoms with Crippen LogP contribution in [0.4, 0.5) is 0 Å². The normalized spacial score (nSPS) is 13.2. The maximum atomic E-state index is 8.83. The van der Waals surface area contributed by atoms with E-state index >= 15 is 0 Å². The van der Waals surface area contributed by atoms with Crippen molar-refractivity contribution in [2.24, 2.45) is 10.7 Å². The van der Waals surface area contributed by atoms with Gasteiger partial charge in [0.2, 0.25) is 0 Å². The fourth-order valence-electron chi connectivity index (χ4n) is 0.717. The molecule has 3 N–H and O–H groups in total. The third kappa shape index (κ3) is 3.58. The maximum Gasteiger partial charge on any atom is 0.190 e. The molecule has 0 aliphatic rings. The Balaban J connectivity index is 4.51. The number of aliphatic hydroxyl groups excluding tert-OH is 1. The molecule has 0 aromatic rings. The molecule has 0 aliphatic heterocycles. The van der Waals surface area contributed by atoms with Gasteiger partial charge < -0.3 is 15.6 Å². The highest BCUT2D eigenvalue weighted by molar-refractivity contribution is 6.00. The predicted octanol–water partition coefficient (Wildman–Crippen LogP) is -0.220. The molecule has 0 spiro atoms. The van der Waals surface area contributed by atoms with Crippen LogP contribution in [0.2, 0.25) is 0 Å². The molecule has 0 radical (unpaired) electrons. The van der Waals surface area contributed by atoms with Crippen LogP contribution in [-0.2, 0) is 4.74 Å². The second kappa shape index (κ2) is 6.03. The predicted molar refractivity (Wildman–Crippen MR) is 48.9 cm³/mol. The SMILES string of the molecule is CN=C(CO)/C(C)=C(\N)OCC#N. The van der Waals surface area contributed by atoms with E-state index in [2.05, 4.69) is 4.99 Å². The van der Waals surface area contributed by atoms with Crippen molar-refractivity contribution in [1.29, 1.82) is 5.26 Å². The van der Waals surface area contributed by atoms with Crippen molar-refractivity contribution >= 4 is 5.71 Å². The van der Waals surface area contributed by atoms with E-state index < -0.39 is 0 Å². The maximum absolute atomic E-state index is 8.83. The molecular weight excluding hydrogens is 170 g/mol. The number of nitrogens with two attached hydrogens (primary N) is 1. The van der Waals surface area contributed by atoms with Gasteiger partial charge in [0.1, 0.15) is 6.07 Å². The Morgan fingerprint density at radius 3 is 2.69 bits per heavy atom. The molecule has 0 aromatic heterocycles. The second-order valence-electron chi connectivity index (χ2n) is 2.26. The number of aliphatic hydroxyl groups is 1. The van der Waals surface area contributed by atoms with Crippen LogP contribution in [0, 0.1) is 11.3 Å². The lowest BCUT2D eigenvalue weighted by molar-refractivity contribution is 0.246. The van der Waals surface area contributed by atoms with Crippen LogP contribution in [0.3, 0.4) is 0 Å². The first kappa shape index (κ1) is 11.5. The summed E-state index contributed by atoms with van der Waals surface area (Å²) in [7, 11) is 1.55. The monoisotopic (exact) mass is 183 g/mol. The number of hydrogen-bond donors (Lipinski definition) is 2. The van der Waals surface area contributed by atoms with Crippen molar-refractivity contribution in [3.63, 3.8) is 0 Å². The van der Waals surface area contributed by atoms with E-state index in [0.717, 1.165) is 0 Å². The summed E-state index contributed by atoms with van der Waals surface area (Å²) in [6.45, 7) is 1.37. The zero-order chi connectivity index (χ0) is 10.3. The van der Waals surface area contributed by atoms with Gasteiger partial charge >= 0.3 is 0 Å². The van der Waals surface area contributed by atoms with E-state index in [-0.39, 0.29) is 19.1 Å². The van der Waals surface area contributed by atoms with E-state index in [1.165, 1.54) is 0 Å². The molecule has 0 atom stereocenters. The first-order valence-electron chi connectivity index (χ1n) is 3.70. The van der Waals surface area contributed by atoms with Crippen LogP contribution >= 0.6 is 0 Å². The second-order valence-corrected chi connectivity index (χ2v) is 2.26. The smallest absolute Gasteiger partial charge is 0.190 e. The summed E-state index contributed by atoms with van der Waals surface area (Å²) in [5.41, 5.74) is 6.48. The number of nitriles is 1. The number of nitrogens with zero attached hydrogens (tertiary/aromatic N) is 2. The molecule has 13 heavy (non-hydrogen) atoms. The Morgan fingerprint density at radius 2 is 2.31 bits per heavy atom. The summed E-state index contributed by atoms with van der Waals surface area (Å²) >= 11 is 0. The van der Waals surface area contributed by atoms with Gasteiger partial charge in [-0.3, -0.25) is 4.99 Å². The number of hydrogen-bond acceptors (Lipinski definition) is 5. The van der Waals surface area contributed by atoms with Gasteiger partial charge in [0.15, 0.2) is 12.5 Å². The van der Waals surface area contributed by atoms with E-state index in [9.17, 15) is 0 Å². The summed E-state index contributed by atoms with van der Waals surface area (Å²) in [5, 5.41) is 17.0. The van der Waals surface area contributed by atoms with Crippen LogP contribution < -0.4 is 5.73 Å². The van der Waals surface area contributed by atoms with Crippen molar-refractivity contribution < 1.29 is 9.84 Å². The number of aliphatic imine (C=N–C) groups is 1. The largest absolute Gasteiger partial charge is 0.464 e. The lowest BCUT2D eigenvalue weighted by Gasteiger charge is -2.07. The Labute approximate surface area is 77.1 Å². The molecule has 0 fully saturated rings. The minimum atomic E-state index is -0.195. The Morgan fingerprint density at radius 1 is 1.69 bits per heavy atom. The van der Waals surface area contributed by atoms with Gasteiger partial charge in [-0.1, -0.05) is 0 Å². The summed E-state index contributed by atoms with van der Waals surface area (Å²) in [6, 6.07) is 1.79. The molecule has 0 bridgehead atoms. The van der Waals surface area contributed by atoms with E-state index in [4.69, 9.17) is 20.8 Å². The van der Waals surface area contributed by atoms with Gasteiger partial charge in [-0.05, 0) is 6.92 Å². The molecule has 0 unspecified atom stereocenters. The van der Waals surface area contributed by atoms with Gasteiger partial charge in [0.05, 0.1) is 12.3 Å². The lowest BCUT2D eigenvalue weighted by Crippen LogP contribution is -2.14. The van der Waals surface area contributed by atoms with Crippen LogP contribution in [0.25, 0.3) is 0 Å². The van der Waals surface area contributed by atoms with Crippen molar-refractivity contribution in [1.82, 2.24) is 0 Å². The first-order chi connectivity index (χ1) is 6.17. The molecule has 0 saturated heterocycles. The van der Waals surface area contributed by atoms with Crippen LogP contribution in [0.15, 0.2) is 16.4 Å². The number of ether oxygens (including phenoxy) is 1. The van der Waals surface area contributed by atoms with Gasteiger partial charge in [0, 0.05) is 12.6 Å². The summed E-state index contributed by atoms with van der Waals surface area (Å²) in [4.78, 5) is 3.80. The fourth-order valence-corrected chi connectivity index (χ4v) is 0.717. The van der Waals surface area contributed by atoms with Gasteiger partial charge in [-0.2, -0.15) is 5.26 Å². The highest BCUT2D eigenvalue weighted by Gasteiger charge is 2.05. The summed E-state index contributed by atoms with van der Waals surface area (Å²) < 4.78 is 4.84. The van der Waals surface area contributed by atoms with Gasteiger partial charge in [-0.15, -0.1) is 0 Å². The minimum absolute atomic E-state index is 0.106. The molecular formula is C8H13N3O2. The molecule has 0 rings (SSSR count). The number of rotatable bonds is 4. The summed E-state index contributed by atoms with van der Waals surface area (Å²) in [5.74, 6) is 0.121. The topological polar surface area (TPSA) is 91.6 Å². The summed E-state index contributed by atoms with van der Waals surface area (Å²) in [6.07, 6.45) is 0. The molecule has 5 heteroatoms. The molecule has 5 nitrogen and oxygen atoms in total. The first-order valence-corrected chi connectivity index (χ1v) is 3.70. The third-order valence-corrected chi connectivity index (χ3v) is 1.51. The van der Waals surface area contributed by atoms with Crippen LogP contribution in [0.1, 0.15) is 6.92 Å². The third-order valence-electron chi connectivity index (χ3n) is 1.51. The van der Waals surface area contributed by atoms with Crippen LogP contribution in [0.5, 0.6) is 0 Å². The molecule has 0 heterocycles. The molecule has 0 aliphatic carbocycles. The standard InChI is InChI=1S/C8H13N3O2/c1-6(7(5-12)11-2)8(10)13-4-3-9/h12H,4-5,10H2,1-2H3/b8-6+,11-7?. The molecule has 0 saturated carbocycles. The average molecular weight is 183 g/mol. The average Bonchev–Trinajstić information content (AvgIpc) is 2.15. The zero-order valence-corrected chi connectivity index (χ0v) is 7.74. The van der Waals surface area contributed by atoms with E-state index in [1.54, 1.807) is 20.0 Å². The lowest BCUT2D eigenvalue weighted by atomic mass is 10.2. The Hall–Kier alpha value is -1.54. The van der Waals surface area contributed by atoms with E-state index in [0.29, 0.717) is 11.3 Å². The highest BCUT2D eigenvalue weighted by atomic mass is 16.5. The zero-order valence-electron chi connectivity index (χ0n) is 7.74. The van der Waals surface area contributed by atoms with Crippen molar-refractivity contribution in [3.05, 3.63) is 11.5 Å². The molecule has 0 aromatic carbocycles. The highest BCUT2D eigenvalue weighted by Crippen LogP contribution is 2.02. The van der Waals surface area contributed by atoms with Gasteiger partial charge in [-0.25, -0.2) is 0 Å². The fraction of sp³-hybridized carbons (Fsp3) is 0.500. The van der Waals surface area contributed by atoms with Crippen molar-refractivity contribution in [2.45, 2.75) is 6.92 Å². The Kier molecular flexibility index (Phi) is 5.32. The minimum Gasteiger partial charge on any atom is -0.464 e. The molecule has 0 amide bonds. The van der Waals surface area contributed by atoms with Crippen LogP contribution in [-0.4, -0.2) is 31.1 Å². The molecule has 72 valence electrons.